The molecule has 0 N–H and O–H groups in total. The molecule has 0 bridgehead atoms. The van der Waals surface area contributed by atoms with Crippen LogP contribution in [0.15, 0.2) is 28.9 Å². The molecule has 2 aromatic rings. The fourth-order valence-corrected chi connectivity index (χ4v) is 2.66. The van der Waals surface area contributed by atoms with Crippen LogP contribution in [0, 0.1) is 6.92 Å². The molecule has 4 nitrogen and oxygen atoms in total. The Bertz CT molecular complexity index is 637. The number of ether oxygens (including phenoxy) is 1. The molecular formula is C16H19BrN2O2. The Kier molecular flexibility index (Phi) is 5.17. The molecule has 0 aliphatic carbocycles. The van der Waals surface area contributed by atoms with Gasteiger partial charge in [0.2, 0.25) is 0 Å². The van der Waals surface area contributed by atoms with Crippen molar-refractivity contribution in [2.75, 3.05) is 0 Å². The lowest BCUT2D eigenvalue weighted by Crippen LogP contribution is -2.06. The molecule has 0 fully saturated rings. The average Bonchev–Trinajstić information content (AvgIpc) is 2.93. The highest BCUT2D eigenvalue weighted by atomic mass is 79.9. The summed E-state index contributed by atoms with van der Waals surface area (Å²) in [5.41, 5.74) is 2.32. The Morgan fingerprint density at radius 2 is 2.24 bits per heavy atom. The second-order valence-corrected chi connectivity index (χ2v) is 6.01. The van der Waals surface area contributed by atoms with Crippen LogP contribution in [0.4, 0.5) is 0 Å². The first-order chi connectivity index (χ1) is 10.0. The number of halogens is 1. The predicted molar refractivity (Wildman–Crippen MR) is 85.8 cm³/mol. The van der Waals surface area contributed by atoms with Crippen molar-refractivity contribution in [1.29, 1.82) is 0 Å². The first-order valence-corrected chi connectivity index (χ1v) is 7.76. The van der Waals surface area contributed by atoms with Gasteiger partial charge in [-0.15, -0.1) is 0 Å². The van der Waals surface area contributed by atoms with Gasteiger partial charge in [-0.3, -0.25) is 9.48 Å². The zero-order chi connectivity index (χ0) is 15.4. The van der Waals surface area contributed by atoms with Gasteiger partial charge < -0.3 is 4.74 Å². The van der Waals surface area contributed by atoms with Crippen molar-refractivity contribution in [2.24, 2.45) is 0 Å². The zero-order valence-electron chi connectivity index (χ0n) is 12.5. The number of carbonyl (C=O) groups is 1. The van der Waals surface area contributed by atoms with Crippen molar-refractivity contribution in [2.45, 2.75) is 39.8 Å². The Morgan fingerprint density at radius 3 is 2.90 bits per heavy atom. The number of aryl methyl sites for hydroxylation is 1. The van der Waals surface area contributed by atoms with Crippen LogP contribution in [-0.2, 0) is 6.61 Å². The van der Waals surface area contributed by atoms with Crippen LogP contribution in [0.5, 0.6) is 5.75 Å². The number of nitrogens with zero attached hydrogens (tertiary/aromatic N) is 2. The highest BCUT2D eigenvalue weighted by Crippen LogP contribution is 2.27. The lowest BCUT2D eigenvalue weighted by atomic mass is 10.1. The van der Waals surface area contributed by atoms with Gasteiger partial charge in [-0.05, 0) is 44.0 Å². The van der Waals surface area contributed by atoms with E-state index in [1.807, 2.05) is 29.9 Å². The molecule has 0 saturated heterocycles. The van der Waals surface area contributed by atoms with Gasteiger partial charge in [0.25, 0.3) is 0 Å². The van der Waals surface area contributed by atoms with Gasteiger partial charge in [0.1, 0.15) is 12.4 Å². The molecule has 0 aliphatic heterocycles. The normalized spacial score (nSPS) is 12.2. The molecule has 2 rings (SSSR count). The summed E-state index contributed by atoms with van der Waals surface area (Å²) in [6, 6.07) is 6.01. The van der Waals surface area contributed by atoms with Gasteiger partial charge in [-0.1, -0.05) is 22.9 Å². The minimum absolute atomic E-state index is 0.354. The summed E-state index contributed by atoms with van der Waals surface area (Å²) in [6.07, 6.45) is 3.80. The number of aromatic nitrogens is 2. The minimum atomic E-state index is 0.354. The second-order valence-electron chi connectivity index (χ2n) is 5.09. The second kappa shape index (κ2) is 6.89. The summed E-state index contributed by atoms with van der Waals surface area (Å²) in [7, 11) is 0. The lowest BCUT2D eigenvalue weighted by molar-refractivity contribution is 0.111. The topological polar surface area (TPSA) is 44.1 Å². The number of carbonyl (C=O) groups excluding carboxylic acids is 1. The third kappa shape index (κ3) is 3.73. The number of benzene rings is 1. The van der Waals surface area contributed by atoms with Gasteiger partial charge in [0, 0.05) is 16.7 Å². The van der Waals surface area contributed by atoms with E-state index in [0.29, 0.717) is 24.0 Å². The fourth-order valence-electron chi connectivity index (χ4n) is 2.07. The molecule has 0 radical (unpaired) electrons. The molecule has 0 spiro atoms. The third-order valence-electron chi connectivity index (χ3n) is 3.47. The Hall–Kier alpha value is -1.62. The maximum absolute atomic E-state index is 11.2. The highest BCUT2D eigenvalue weighted by molar-refractivity contribution is 9.10. The van der Waals surface area contributed by atoms with Crippen LogP contribution in [0.2, 0.25) is 0 Å². The molecule has 1 heterocycles. The van der Waals surface area contributed by atoms with E-state index in [9.17, 15) is 4.79 Å². The lowest BCUT2D eigenvalue weighted by Gasteiger charge is -2.11. The summed E-state index contributed by atoms with van der Waals surface area (Å²) in [5, 5.41) is 4.49. The van der Waals surface area contributed by atoms with Gasteiger partial charge in [-0.2, -0.15) is 5.10 Å². The monoisotopic (exact) mass is 350 g/mol. The largest absolute Gasteiger partial charge is 0.486 e. The summed E-state index contributed by atoms with van der Waals surface area (Å²) in [5.74, 6) is 0.617. The van der Waals surface area contributed by atoms with E-state index >= 15 is 0 Å². The van der Waals surface area contributed by atoms with Crippen molar-refractivity contribution in [3.63, 3.8) is 0 Å². The van der Waals surface area contributed by atoms with E-state index in [4.69, 9.17) is 4.74 Å². The fraction of sp³-hybridized carbons (Fsp3) is 0.375. The van der Waals surface area contributed by atoms with E-state index in [-0.39, 0.29) is 0 Å². The van der Waals surface area contributed by atoms with Crippen molar-refractivity contribution < 1.29 is 9.53 Å². The molecule has 0 amide bonds. The van der Waals surface area contributed by atoms with Crippen LogP contribution in [0.3, 0.4) is 0 Å². The van der Waals surface area contributed by atoms with E-state index in [0.717, 1.165) is 28.4 Å². The van der Waals surface area contributed by atoms with Crippen molar-refractivity contribution in [3.8, 4) is 5.75 Å². The van der Waals surface area contributed by atoms with Crippen LogP contribution < -0.4 is 4.74 Å². The highest BCUT2D eigenvalue weighted by Gasteiger charge is 2.10. The molecule has 1 atom stereocenters. The number of aldehydes is 1. The van der Waals surface area contributed by atoms with E-state index < -0.39 is 0 Å². The van der Waals surface area contributed by atoms with E-state index in [1.54, 1.807) is 6.07 Å². The third-order valence-corrected chi connectivity index (χ3v) is 3.92. The number of hydrogen-bond donors (Lipinski definition) is 0. The Labute approximate surface area is 133 Å². The molecular weight excluding hydrogens is 332 g/mol. The van der Waals surface area contributed by atoms with Crippen LogP contribution in [0.1, 0.15) is 47.9 Å². The van der Waals surface area contributed by atoms with Crippen LogP contribution in [-0.4, -0.2) is 16.1 Å². The molecule has 5 heteroatoms. The van der Waals surface area contributed by atoms with E-state index in [2.05, 4.69) is 34.9 Å². The minimum Gasteiger partial charge on any atom is -0.486 e. The van der Waals surface area contributed by atoms with Crippen LogP contribution >= 0.6 is 15.9 Å². The Morgan fingerprint density at radius 1 is 1.48 bits per heavy atom. The maximum atomic E-state index is 11.2. The summed E-state index contributed by atoms with van der Waals surface area (Å²) in [6.45, 7) is 6.53. The quantitative estimate of drug-likeness (QED) is 0.728. The average molecular weight is 351 g/mol. The Balaban J connectivity index is 2.13. The van der Waals surface area contributed by atoms with Gasteiger partial charge in [0.05, 0.1) is 11.3 Å². The van der Waals surface area contributed by atoms with Gasteiger partial charge in [0.15, 0.2) is 6.29 Å². The molecule has 0 aliphatic rings. The molecule has 21 heavy (non-hydrogen) atoms. The van der Waals surface area contributed by atoms with Crippen LogP contribution in [0.25, 0.3) is 0 Å². The zero-order valence-corrected chi connectivity index (χ0v) is 14.1. The van der Waals surface area contributed by atoms with Crippen molar-refractivity contribution in [3.05, 3.63) is 45.7 Å². The van der Waals surface area contributed by atoms with Crippen molar-refractivity contribution >= 4 is 22.2 Å². The first kappa shape index (κ1) is 15.8. The smallest absolute Gasteiger partial charge is 0.153 e. The van der Waals surface area contributed by atoms with Gasteiger partial charge in [-0.25, -0.2) is 0 Å². The summed E-state index contributed by atoms with van der Waals surface area (Å²) < 4.78 is 8.61. The number of rotatable bonds is 6. The molecule has 112 valence electrons. The first-order valence-electron chi connectivity index (χ1n) is 6.97. The van der Waals surface area contributed by atoms with Crippen molar-refractivity contribution in [1.82, 2.24) is 9.78 Å². The van der Waals surface area contributed by atoms with Gasteiger partial charge >= 0.3 is 0 Å². The molecule has 1 aromatic carbocycles. The molecule has 1 unspecified atom stereocenters. The standard InChI is InChI=1S/C16H19BrN2O2/c1-4-12(3)19-6-5-15(18-19)10-21-16-11(2)7-14(17)8-13(16)9-20/h5-9,12H,4,10H2,1-3H3. The molecule has 0 saturated carbocycles. The predicted octanol–water partition coefficient (Wildman–Crippen LogP) is 4.32. The summed E-state index contributed by atoms with van der Waals surface area (Å²) >= 11 is 3.38. The summed E-state index contributed by atoms with van der Waals surface area (Å²) in [4.78, 5) is 11.2. The molecule has 1 aromatic heterocycles. The number of hydrogen-bond acceptors (Lipinski definition) is 3. The van der Waals surface area contributed by atoms with E-state index in [1.165, 1.54) is 0 Å². The SMILES string of the molecule is CCC(C)n1ccc(COc2c(C)cc(Br)cc2C=O)n1. The maximum Gasteiger partial charge on any atom is 0.153 e.